The summed E-state index contributed by atoms with van der Waals surface area (Å²) in [5.41, 5.74) is 3.68. The molecule has 0 radical (unpaired) electrons. The molecule has 4 N–H and O–H groups in total. The summed E-state index contributed by atoms with van der Waals surface area (Å²) in [6.45, 7) is 3.94. The minimum Gasteiger partial charge on any atom is -0.507 e. The van der Waals surface area contributed by atoms with E-state index in [4.69, 9.17) is 21.3 Å². The Morgan fingerprint density at radius 3 is 2.57 bits per heavy atom. The average Bonchev–Trinajstić information content (AvgIpc) is 3.14. The minimum atomic E-state index is -0.178. The lowest BCUT2D eigenvalue weighted by Gasteiger charge is -2.36. The van der Waals surface area contributed by atoms with Gasteiger partial charge in [-0.3, -0.25) is 4.79 Å². The summed E-state index contributed by atoms with van der Waals surface area (Å²) in [6.07, 6.45) is 0. The highest BCUT2D eigenvalue weighted by Gasteiger charge is 2.30. The average molecular weight is 430 g/mol. The summed E-state index contributed by atoms with van der Waals surface area (Å²) >= 11 is 6.35. The first-order valence-electron chi connectivity index (χ1n) is 9.55. The topological polar surface area (TPSA) is 107 Å². The van der Waals surface area contributed by atoms with Crippen molar-refractivity contribution in [2.75, 3.05) is 31.1 Å². The number of rotatable bonds is 4. The Morgan fingerprint density at radius 2 is 1.90 bits per heavy atom. The van der Waals surface area contributed by atoms with E-state index in [0.29, 0.717) is 59.5 Å². The fraction of sp³-hybridized carbons (Fsp3) is 0.238. The van der Waals surface area contributed by atoms with E-state index in [9.17, 15) is 9.90 Å². The summed E-state index contributed by atoms with van der Waals surface area (Å²) in [7, 11) is 0. The van der Waals surface area contributed by atoms with Crippen molar-refractivity contribution in [1.82, 2.24) is 10.1 Å². The van der Waals surface area contributed by atoms with E-state index in [2.05, 4.69) is 10.1 Å². The van der Waals surface area contributed by atoms with E-state index < -0.39 is 0 Å². The molecule has 0 bridgehead atoms. The number of nitrogens with two attached hydrogens (primary N) is 1. The highest BCUT2D eigenvalue weighted by molar-refractivity contribution is 6.33. The number of aryl methyl sites for hydroxylation is 1. The Hall–Kier alpha value is -3.07. The number of hydrogen-bond acceptors (Lipinski definition) is 6. The van der Waals surface area contributed by atoms with Crippen molar-refractivity contribution in [2.45, 2.75) is 6.92 Å². The highest BCUT2D eigenvalue weighted by Crippen LogP contribution is 2.33. The molecule has 0 aliphatic carbocycles. The molecule has 3 aromatic rings. The zero-order valence-corrected chi connectivity index (χ0v) is 17.1. The molecule has 0 unspecified atom stereocenters. The molecule has 8 nitrogen and oxygen atoms in total. The van der Waals surface area contributed by atoms with E-state index >= 15 is 0 Å². The van der Waals surface area contributed by atoms with Crippen LogP contribution in [0.4, 0.5) is 11.4 Å². The van der Waals surface area contributed by atoms with Crippen molar-refractivity contribution in [1.29, 1.82) is 0 Å². The van der Waals surface area contributed by atoms with Gasteiger partial charge < -0.3 is 19.4 Å². The molecule has 156 valence electrons. The smallest absolute Gasteiger partial charge is 0.259 e. The third kappa shape index (κ3) is 3.72. The van der Waals surface area contributed by atoms with Crippen LogP contribution in [-0.2, 0) is 0 Å². The molecule has 0 saturated carbocycles. The van der Waals surface area contributed by atoms with Crippen LogP contribution in [0.25, 0.3) is 11.3 Å². The van der Waals surface area contributed by atoms with E-state index in [1.54, 1.807) is 48.2 Å². The zero-order valence-electron chi connectivity index (χ0n) is 16.4. The first kappa shape index (κ1) is 20.2. The minimum absolute atomic E-state index is 0.0443. The number of para-hydroxylation sites is 1. The van der Waals surface area contributed by atoms with E-state index in [-0.39, 0.29) is 11.7 Å². The fourth-order valence-corrected chi connectivity index (χ4v) is 3.96. The molecule has 1 saturated heterocycles. The molecule has 0 spiro atoms. The van der Waals surface area contributed by atoms with Gasteiger partial charge in [-0.1, -0.05) is 28.9 Å². The Labute approximate surface area is 178 Å². The van der Waals surface area contributed by atoms with Crippen LogP contribution in [0.15, 0.2) is 47.0 Å². The van der Waals surface area contributed by atoms with Crippen molar-refractivity contribution < 1.29 is 25.1 Å². The monoisotopic (exact) mass is 429 g/mol. The second kappa shape index (κ2) is 8.35. The maximum atomic E-state index is 13.2. The van der Waals surface area contributed by atoms with Gasteiger partial charge in [-0.15, -0.1) is 0 Å². The molecule has 1 aliphatic heterocycles. The van der Waals surface area contributed by atoms with Gasteiger partial charge in [0.1, 0.15) is 22.8 Å². The van der Waals surface area contributed by atoms with Crippen LogP contribution in [0.1, 0.15) is 16.1 Å². The van der Waals surface area contributed by atoms with Gasteiger partial charge in [-0.25, -0.2) is 5.21 Å². The lowest BCUT2D eigenvalue weighted by atomic mass is 10.0. The van der Waals surface area contributed by atoms with Crippen molar-refractivity contribution in [3.8, 4) is 17.0 Å². The Balaban J connectivity index is 1.52. The fourth-order valence-electron chi connectivity index (χ4n) is 3.65. The first-order valence-corrected chi connectivity index (χ1v) is 9.93. The lowest BCUT2D eigenvalue weighted by molar-refractivity contribution is -0.825. The quantitative estimate of drug-likeness (QED) is 0.434. The third-order valence-electron chi connectivity index (χ3n) is 5.26. The number of halogens is 1. The molecule has 1 aromatic heterocycles. The van der Waals surface area contributed by atoms with Crippen molar-refractivity contribution in [3.05, 3.63) is 58.8 Å². The second-order valence-electron chi connectivity index (χ2n) is 7.10. The van der Waals surface area contributed by atoms with E-state index in [1.807, 2.05) is 6.07 Å². The zero-order chi connectivity index (χ0) is 21.3. The normalized spacial score (nSPS) is 14.2. The lowest BCUT2D eigenvalue weighted by Crippen LogP contribution is -2.73. The van der Waals surface area contributed by atoms with Gasteiger partial charge in [0.25, 0.3) is 5.91 Å². The van der Waals surface area contributed by atoms with Gasteiger partial charge in [0.05, 0.1) is 10.7 Å². The number of aromatic hydroxyl groups is 1. The van der Waals surface area contributed by atoms with Crippen LogP contribution in [-0.4, -0.2) is 52.5 Å². The number of carbonyl (C=O) groups excluding carboxylic acids is 1. The largest absolute Gasteiger partial charge is 0.507 e. The number of hydrogen-bond donors (Lipinski definition) is 3. The molecule has 1 fully saturated rings. The number of phenolic OH excluding ortho intramolecular Hbond substituents is 1. The van der Waals surface area contributed by atoms with Crippen molar-refractivity contribution in [3.63, 3.8) is 0 Å². The summed E-state index contributed by atoms with van der Waals surface area (Å²) in [5.74, 6) is 0.283. The molecular formula is C21H22ClN4O4+. The van der Waals surface area contributed by atoms with Crippen LogP contribution < -0.4 is 10.4 Å². The number of aromatic nitrogens is 1. The maximum Gasteiger partial charge on any atom is 0.259 e. The number of nitrogens with zero attached hydrogens (tertiary/aromatic N) is 3. The molecule has 9 heteroatoms. The second-order valence-corrected chi connectivity index (χ2v) is 7.51. The molecule has 4 rings (SSSR count). The highest BCUT2D eigenvalue weighted by atomic mass is 35.5. The molecule has 1 amide bonds. The molecule has 2 heterocycles. The van der Waals surface area contributed by atoms with Crippen LogP contribution in [0.2, 0.25) is 5.02 Å². The van der Waals surface area contributed by atoms with Gasteiger partial charge >= 0.3 is 0 Å². The summed E-state index contributed by atoms with van der Waals surface area (Å²) in [6, 6.07) is 12.1. The molecular weight excluding hydrogens is 408 g/mol. The predicted molar refractivity (Wildman–Crippen MR) is 111 cm³/mol. The Bertz CT molecular complexity index is 1080. The van der Waals surface area contributed by atoms with Gasteiger partial charge in [0, 0.05) is 43.9 Å². The number of piperazine rings is 1. The van der Waals surface area contributed by atoms with Gasteiger partial charge in [0.2, 0.25) is 0 Å². The van der Waals surface area contributed by atoms with Gasteiger partial charge in [-0.05, 0) is 25.1 Å². The summed E-state index contributed by atoms with van der Waals surface area (Å²) < 4.78 is 5.29. The molecule has 2 aromatic carbocycles. The Morgan fingerprint density at radius 1 is 1.17 bits per heavy atom. The number of amides is 1. The van der Waals surface area contributed by atoms with Crippen LogP contribution in [0, 0.1) is 6.92 Å². The molecule has 1 aliphatic rings. The van der Waals surface area contributed by atoms with Gasteiger partial charge in [-0.2, -0.15) is 5.48 Å². The number of carbonyl (C=O) groups is 1. The number of anilines is 1. The van der Waals surface area contributed by atoms with E-state index in [1.165, 1.54) is 0 Å². The SMILES string of the molecule is Cc1onc(-c2ccccc2O)c1C(=O)N1CCN(c2ccc([NH2+]O)cc2Cl)CC1. The number of phenols is 1. The standard InChI is InChI=1S/C21H21ClN4O4/c1-13-19(20(24-30-13)15-4-2-3-5-18(15)27)21(28)26-10-8-25(9-11-26)17-7-6-14(23-29)12-16(17)22/h2-7,12,23,27,29H,8-11H2,1H3/p+1. The van der Waals surface area contributed by atoms with Crippen LogP contribution in [0.5, 0.6) is 5.75 Å². The van der Waals surface area contributed by atoms with Crippen LogP contribution in [0.3, 0.4) is 0 Å². The Kier molecular flexibility index (Phi) is 5.63. The first-order chi connectivity index (χ1) is 14.5. The van der Waals surface area contributed by atoms with Gasteiger partial charge in [0.15, 0.2) is 5.69 Å². The summed E-state index contributed by atoms with van der Waals surface area (Å²) in [5, 5.41) is 23.9. The van der Waals surface area contributed by atoms with Crippen LogP contribution >= 0.6 is 11.6 Å². The van der Waals surface area contributed by atoms with Crippen molar-refractivity contribution in [2.24, 2.45) is 0 Å². The van der Waals surface area contributed by atoms with E-state index in [0.717, 1.165) is 11.2 Å². The maximum absolute atomic E-state index is 13.2. The number of quaternary nitrogens is 1. The third-order valence-corrected chi connectivity index (χ3v) is 5.57. The predicted octanol–water partition coefficient (Wildman–Crippen LogP) is 2.56. The number of benzene rings is 2. The van der Waals surface area contributed by atoms with Crippen molar-refractivity contribution >= 4 is 28.9 Å². The molecule has 30 heavy (non-hydrogen) atoms. The summed E-state index contributed by atoms with van der Waals surface area (Å²) in [4.78, 5) is 17.1. The molecule has 0 atom stereocenters.